The van der Waals surface area contributed by atoms with Gasteiger partial charge in [0, 0.05) is 51.5 Å². The van der Waals surface area contributed by atoms with Crippen LogP contribution in [0, 0.1) is 6.92 Å². The lowest BCUT2D eigenvalue weighted by atomic mass is 10.2. The van der Waals surface area contributed by atoms with Crippen molar-refractivity contribution in [1.29, 1.82) is 0 Å². The summed E-state index contributed by atoms with van der Waals surface area (Å²) in [5, 5.41) is 6.17. The number of rotatable bonds is 6. The molecule has 6 nitrogen and oxygen atoms in total. The summed E-state index contributed by atoms with van der Waals surface area (Å²) in [5.41, 5.74) is 2.64. The molecule has 0 radical (unpaired) electrons. The smallest absolute Gasteiger partial charge is 0.250 e. The van der Waals surface area contributed by atoms with Gasteiger partial charge in [0.1, 0.15) is 6.10 Å². The monoisotopic (exact) mass is 454 g/mol. The zero-order chi connectivity index (χ0) is 17.5. The Morgan fingerprint density at radius 1 is 1.21 bits per heavy atom. The summed E-state index contributed by atoms with van der Waals surface area (Å²) in [6, 6.07) is 8.72. The third kappa shape index (κ3) is 8.31. The van der Waals surface area contributed by atoms with Crippen LogP contribution in [0.4, 0.5) is 5.69 Å². The maximum atomic E-state index is 12.0. The van der Waals surface area contributed by atoms with E-state index in [0.717, 1.165) is 52.2 Å². The molecule has 0 saturated carbocycles. The summed E-state index contributed by atoms with van der Waals surface area (Å²) in [7, 11) is 0. The largest absolute Gasteiger partial charge is 0.369 e. The molecule has 0 bridgehead atoms. The molecule has 1 aromatic carbocycles. The highest BCUT2D eigenvalue weighted by molar-refractivity contribution is 5.86. The van der Waals surface area contributed by atoms with E-state index in [-0.39, 0.29) is 49.2 Å². The fourth-order valence-corrected chi connectivity index (χ4v) is 3.42. The van der Waals surface area contributed by atoms with E-state index in [4.69, 9.17) is 4.74 Å². The second-order valence-electron chi connectivity index (χ2n) is 6.88. The zero-order valence-electron chi connectivity index (χ0n) is 16.4. The van der Waals surface area contributed by atoms with Gasteiger partial charge in [0.05, 0.1) is 6.61 Å². The van der Waals surface area contributed by atoms with Crippen LogP contribution in [0.25, 0.3) is 0 Å². The van der Waals surface area contributed by atoms with E-state index in [9.17, 15) is 4.79 Å². The standard InChI is InChI=1S/C19H30N4O2.3ClH/c1-16-4-2-5-17(14-16)23-11-9-22(10-12-23)8-3-6-21-19(24)18-15-20-7-13-25-18;;;/h2,4-5,14,18,20H,3,6-13,15H2,1H3,(H,21,24);3*1H. The first-order valence-electron chi connectivity index (χ1n) is 9.36. The SMILES string of the molecule is Cc1cccc(N2CCN(CCCNC(=O)C3CNCCO3)CC2)c1.Cl.Cl.Cl. The molecule has 0 aromatic heterocycles. The number of benzene rings is 1. The molecule has 1 atom stereocenters. The van der Waals surface area contributed by atoms with E-state index in [1.54, 1.807) is 0 Å². The van der Waals surface area contributed by atoms with Crippen molar-refractivity contribution in [1.82, 2.24) is 15.5 Å². The third-order valence-corrected chi connectivity index (χ3v) is 4.91. The normalized spacial score (nSPS) is 19.6. The van der Waals surface area contributed by atoms with E-state index in [2.05, 4.69) is 51.6 Å². The summed E-state index contributed by atoms with van der Waals surface area (Å²) in [6.45, 7) is 10.3. The number of halogens is 3. The first kappa shape index (κ1) is 27.2. The van der Waals surface area contributed by atoms with Crippen molar-refractivity contribution < 1.29 is 9.53 Å². The van der Waals surface area contributed by atoms with Crippen LogP contribution in [0.3, 0.4) is 0 Å². The molecule has 2 saturated heterocycles. The topological polar surface area (TPSA) is 56.8 Å². The average Bonchev–Trinajstić information content (AvgIpc) is 2.66. The lowest BCUT2D eigenvalue weighted by Crippen LogP contribution is -2.49. The van der Waals surface area contributed by atoms with Gasteiger partial charge in [-0.2, -0.15) is 0 Å². The maximum absolute atomic E-state index is 12.0. The van der Waals surface area contributed by atoms with Gasteiger partial charge in [-0.15, -0.1) is 37.2 Å². The maximum Gasteiger partial charge on any atom is 0.250 e. The van der Waals surface area contributed by atoms with Crippen LogP contribution in [-0.2, 0) is 9.53 Å². The van der Waals surface area contributed by atoms with Crippen molar-refractivity contribution in [2.45, 2.75) is 19.4 Å². The molecule has 2 N–H and O–H groups in total. The first-order valence-corrected chi connectivity index (χ1v) is 9.36. The van der Waals surface area contributed by atoms with Crippen molar-refractivity contribution in [3.05, 3.63) is 29.8 Å². The second kappa shape index (κ2) is 14.3. The highest BCUT2D eigenvalue weighted by Gasteiger charge is 2.21. The van der Waals surface area contributed by atoms with Crippen molar-refractivity contribution in [3.8, 4) is 0 Å². The fraction of sp³-hybridized carbons (Fsp3) is 0.632. The van der Waals surface area contributed by atoms with Crippen molar-refractivity contribution in [2.24, 2.45) is 0 Å². The number of hydrogen-bond donors (Lipinski definition) is 2. The van der Waals surface area contributed by atoms with Crippen LogP contribution >= 0.6 is 37.2 Å². The Balaban J connectivity index is 0.00000243. The number of piperazine rings is 1. The number of hydrogen-bond acceptors (Lipinski definition) is 5. The van der Waals surface area contributed by atoms with Gasteiger partial charge in [-0.3, -0.25) is 9.69 Å². The molecule has 2 aliphatic heterocycles. The van der Waals surface area contributed by atoms with Crippen LogP contribution in [0.2, 0.25) is 0 Å². The van der Waals surface area contributed by atoms with Gasteiger partial charge in [0.25, 0.3) is 0 Å². The summed E-state index contributed by atoms with van der Waals surface area (Å²) in [4.78, 5) is 16.9. The fourth-order valence-electron chi connectivity index (χ4n) is 3.42. The molecular formula is C19H33Cl3N4O2. The van der Waals surface area contributed by atoms with Crippen LogP contribution in [0.15, 0.2) is 24.3 Å². The molecule has 1 aromatic rings. The zero-order valence-corrected chi connectivity index (χ0v) is 18.8. The number of nitrogens with one attached hydrogen (secondary N) is 2. The number of amides is 1. The van der Waals surface area contributed by atoms with Gasteiger partial charge in [-0.25, -0.2) is 0 Å². The minimum absolute atomic E-state index is 0. The number of morpholine rings is 1. The molecule has 28 heavy (non-hydrogen) atoms. The second-order valence-corrected chi connectivity index (χ2v) is 6.88. The van der Waals surface area contributed by atoms with Crippen LogP contribution in [-0.4, -0.2) is 75.9 Å². The minimum atomic E-state index is -0.327. The number of carbonyl (C=O) groups excluding carboxylic acids is 1. The molecule has 1 unspecified atom stereocenters. The molecular weight excluding hydrogens is 423 g/mol. The number of nitrogens with zero attached hydrogens (tertiary/aromatic N) is 2. The number of anilines is 1. The van der Waals surface area contributed by atoms with Crippen molar-refractivity contribution in [3.63, 3.8) is 0 Å². The molecule has 3 rings (SSSR count). The Labute approximate surface area is 187 Å². The number of ether oxygens (including phenoxy) is 1. The Bertz CT molecular complexity index is 566. The lowest BCUT2D eigenvalue weighted by Gasteiger charge is -2.36. The van der Waals surface area contributed by atoms with Gasteiger partial charge < -0.3 is 20.3 Å². The summed E-state index contributed by atoms with van der Waals surface area (Å²) < 4.78 is 5.46. The van der Waals surface area contributed by atoms with E-state index < -0.39 is 0 Å². The first-order chi connectivity index (χ1) is 12.2. The average molecular weight is 456 g/mol. The predicted octanol–water partition coefficient (Wildman–Crippen LogP) is 1.88. The van der Waals surface area contributed by atoms with E-state index in [1.165, 1.54) is 11.3 Å². The molecule has 9 heteroatoms. The van der Waals surface area contributed by atoms with Crippen LogP contribution < -0.4 is 15.5 Å². The van der Waals surface area contributed by atoms with Gasteiger partial charge in [0.15, 0.2) is 0 Å². The molecule has 2 aliphatic rings. The molecule has 162 valence electrons. The van der Waals surface area contributed by atoms with Crippen molar-refractivity contribution >= 4 is 48.8 Å². The minimum Gasteiger partial charge on any atom is -0.369 e. The molecule has 2 fully saturated rings. The Morgan fingerprint density at radius 3 is 2.61 bits per heavy atom. The van der Waals surface area contributed by atoms with Gasteiger partial charge >= 0.3 is 0 Å². The van der Waals surface area contributed by atoms with E-state index in [0.29, 0.717) is 13.2 Å². The highest BCUT2D eigenvalue weighted by atomic mass is 35.5. The van der Waals surface area contributed by atoms with Crippen LogP contribution in [0.5, 0.6) is 0 Å². The van der Waals surface area contributed by atoms with Gasteiger partial charge in [-0.05, 0) is 37.6 Å². The Morgan fingerprint density at radius 2 is 1.96 bits per heavy atom. The Kier molecular flexibility index (Phi) is 13.9. The molecule has 1 amide bonds. The van der Waals surface area contributed by atoms with Crippen molar-refractivity contribution in [2.75, 3.05) is 63.9 Å². The predicted molar refractivity (Wildman–Crippen MR) is 122 cm³/mol. The van der Waals surface area contributed by atoms with E-state index >= 15 is 0 Å². The third-order valence-electron chi connectivity index (χ3n) is 4.91. The van der Waals surface area contributed by atoms with Crippen LogP contribution in [0.1, 0.15) is 12.0 Å². The summed E-state index contributed by atoms with van der Waals surface area (Å²) >= 11 is 0. The molecule has 0 spiro atoms. The number of carbonyl (C=O) groups is 1. The highest BCUT2D eigenvalue weighted by Crippen LogP contribution is 2.17. The lowest BCUT2D eigenvalue weighted by molar-refractivity contribution is -0.134. The molecule has 2 heterocycles. The molecule has 0 aliphatic carbocycles. The Hall–Kier alpha value is -0.760. The van der Waals surface area contributed by atoms with E-state index in [1.807, 2.05) is 0 Å². The van der Waals surface area contributed by atoms with Gasteiger partial charge in [0.2, 0.25) is 5.91 Å². The number of aryl methyl sites for hydroxylation is 1. The summed E-state index contributed by atoms with van der Waals surface area (Å²) in [6.07, 6.45) is 0.655. The van der Waals surface area contributed by atoms with Gasteiger partial charge in [-0.1, -0.05) is 12.1 Å². The summed E-state index contributed by atoms with van der Waals surface area (Å²) in [5.74, 6) is 0.0106. The quantitative estimate of drug-likeness (QED) is 0.642.